The van der Waals surface area contributed by atoms with Crippen LogP contribution in [0.3, 0.4) is 0 Å². The highest BCUT2D eigenvalue weighted by molar-refractivity contribution is 4.95. The van der Waals surface area contributed by atoms with Crippen molar-refractivity contribution in [3.8, 4) is 0 Å². The monoisotopic (exact) mass is 184 g/mol. The minimum Gasteiger partial charge on any atom is -0.383 e. The lowest BCUT2D eigenvalue weighted by molar-refractivity contribution is 0.110. The van der Waals surface area contributed by atoms with Crippen LogP contribution in [0.1, 0.15) is 13.3 Å². The van der Waals surface area contributed by atoms with Gasteiger partial charge in [0.25, 0.3) is 0 Å². The third-order valence-electron chi connectivity index (χ3n) is 3.42. The Morgan fingerprint density at radius 1 is 1.54 bits per heavy atom. The van der Waals surface area contributed by atoms with Crippen LogP contribution >= 0.6 is 0 Å². The van der Waals surface area contributed by atoms with Crippen LogP contribution in [-0.4, -0.2) is 50.3 Å². The Labute approximate surface area is 80.4 Å². The fourth-order valence-corrected chi connectivity index (χ4v) is 2.59. The molecule has 0 aromatic rings. The average Bonchev–Trinajstić information content (AvgIpc) is 2.61. The maximum absolute atomic E-state index is 5.18. The van der Waals surface area contributed by atoms with Crippen molar-refractivity contribution < 1.29 is 4.74 Å². The predicted molar refractivity (Wildman–Crippen MR) is 52.8 cm³/mol. The van der Waals surface area contributed by atoms with Gasteiger partial charge in [-0.15, -0.1) is 0 Å². The van der Waals surface area contributed by atoms with Gasteiger partial charge in [0.15, 0.2) is 0 Å². The molecule has 0 aliphatic carbocycles. The van der Waals surface area contributed by atoms with Crippen LogP contribution in [0.25, 0.3) is 0 Å². The molecule has 13 heavy (non-hydrogen) atoms. The number of methoxy groups -OCH3 is 1. The topological polar surface area (TPSA) is 24.5 Å². The fourth-order valence-electron chi connectivity index (χ4n) is 2.59. The van der Waals surface area contributed by atoms with Gasteiger partial charge in [0.05, 0.1) is 6.61 Å². The molecule has 2 rings (SSSR count). The molecule has 0 amide bonds. The highest BCUT2D eigenvalue weighted by atomic mass is 16.5. The second-order valence-corrected chi connectivity index (χ2v) is 4.37. The number of nitrogens with zero attached hydrogens (tertiary/aromatic N) is 1. The number of nitrogens with one attached hydrogen (secondary N) is 1. The van der Waals surface area contributed by atoms with E-state index in [4.69, 9.17) is 4.74 Å². The largest absolute Gasteiger partial charge is 0.383 e. The zero-order valence-corrected chi connectivity index (χ0v) is 8.62. The summed E-state index contributed by atoms with van der Waals surface area (Å²) in [5.41, 5.74) is 0. The molecule has 0 bridgehead atoms. The Kier molecular flexibility index (Phi) is 2.86. The van der Waals surface area contributed by atoms with E-state index in [9.17, 15) is 0 Å². The van der Waals surface area contributed by atoms with Crippen LogP contribution in [-0.2, 0) is 4.74 Å². The van der Waals surface area contributed by atoms with Gasteiger partial charge in [-0.1, -0.05) is 0 Å². The first kappa shape index (κ1) is 9.44. The summed E-state index contributed by atoms with van der Waals surface area (Å²) in [5.74, 6) is 0.902. The van der Waals surface area contributed by atoms with Gasteiger partial charge in [-0.05, 0) is 25.8 Å². The molecule has 3 heteroatoms. The second kappa shape index (κ2) is 3.95. The molecule has 1 N–H and O–H groups in total. The predicted octanol–water partition coefficient (Wildman–Crippen LogP) is 0.315. The van der Waals surface area contributed by atoms with E-state index < -0.39 is 0 Å². The fraction of sp³-hybridized carbons (Fsp3) is 1.00. The number of hydrogen-bond acceptors (Lipinski definition) is 3. The van der Waals surface area contributed by atoms with E-state index in [0.29, 0.717) is 6.04 Å². The maximum Gasteiger partial charge on any atom is 0.0615 e. The molecule has 3 atom stereocenters. The Hall–Kier alpha value is -0.120. The Morgan fingerprint density at radius 3 is 3.08 bits per heavy atom. The van der Waals surface area contributed by atoms with Gasteiger partial charge in [0.1, 0.15) is 0 Å². The summed E-state index contributed by atoms with van der Waals surface area (Å²) < 4.78 is 5.18. The van der Waals surface area contributed by atoms with Crippen molar-refractivity contribution in [3.05, 3.63) is 0 Å². The Balaban J connectivity index is 1.84. The first-order valence-electron chi connectivity index (χ1n) is 5.27. The zero-order valence-electron chi connectivity index (χ0n) is 8.62. The molecule has 0 saturated carbocycles. The van der Waals surface area contributed by atoms with Gasteiger partial charge >= 0.3 is 0 Å². The first-order valence-corrected chi connectivity index (χ1v) is 5.27. The Morgan fingerprint density at radius 2 is 2.38 bits per heavy atom. The molecular weight excluding hydrogens is 164 g/mol. The number of hydrogen-bond donors (Lipinski definition) is 1. The number of fused-ring (bicyclic) bond motifs is 1. The van der Waals surface area contributed by atoms with Gasteiger partial charge in [-0.2, -0.15) is 0 Å². The minimum absolute atomic E-state index is 0.581. The third kappa shape index (κ3) is 1.87. The molecule has 0 aromatic heterocycles. The molecule has 76 valence electrons. The molecule has 2 heterocycles. The molecule has 0 aromatic carbocycles. The van der Waals surface area contributed by atoms with Gasteiger partial charge in [0.2, 0.25) is 0 Å². The quantitative estimate of drug-likeness (QED) is 0.683. The summed E-state index contributed by atoms with van der Waals surface area (Å²) in [5, 5.41) is 3.56. The van der Waals surface area contributed by atoms with Gasteiger partial charge < -0.3 is 10.1 Å². The van der Waals surface area contributed by atoms with E-state index in [2.05, 4.69) is 17.1 Å². The maximum atomic E-state index is 5.18. The molecule has 2 saturated heterocycles. The smallest absolute Gasteiger partial charge is 0.0615 e. The number of rotatable bonds is 3. The third-order valence-corrected chi connectivity index (χ3v) is 3.42. The van der Waals surface area contributed by atoms with Crippen molar-refractivity contribution in [1.82, 2.24) is 10.2 Å². The summed E-state index contributed by atoms with van der Waals surface area (Å²) in [4.78, 5) is 2.55. The molecule has 2 aliphatic rings. The number of ether oxygens (including phenoxy) is 1. The van der Waals surface area contributed by atoms with Gasteiger partial charge in [-0.25, -0.2) is 0 Å². The summed E-state index contributed by atoms with van der Waals surface area (Å²) >= 11 is 0. The van der Waals surface area contributed by atoms with Crippen LogP contribution in [0.5, 0.6) is 0 Å². The number of likely N-dealkylation sites (tertiary alicyclic amines) is 1. The lowest BCUT2D eigenvalue weighted by Gasteiger charge is -2.24. The standard InChI is InChI=1S/C10H20N2O/c1-8(7-13-2)12-5-9-3-4-11-10(9)6-12/h8-11H,3-7H2,1-2H3/t8?,9-,10+/m0/s1. The molecule has 2 aliphatic heterocycles. The lowest BCUT2D eigenvalue weighted by atomic mass is 10.1. The summed E-state index contributed by atoms with van der Waals surface area (Å²) in [6.45, 7) is 6.82. The Bertz CT molecular complexity index is 162. The van der Waals surface area contributed by atoms with Crippen LogP contribution < -0.4 is 5.32 Å². The minimum atomic E-state index is 0.581. The van der Waals surface area contributed by atoms with Crippen molar-refractivity contribution in [2.45, 2.75) is 25.4 Å². The van der Waals surface area contributed by atoms with Crippen molar-refractivity contribution >= 4 is 0 Å². The van der Waals surface area contributed by atoms with Crippen molar-refractivity contribution in [2.24, 2.45) is 5.92 Å². The highest BCUT2D eigenvalue weighted by Crippen LogP contribution is 2.25. The van der Waals surface area contributed by atoms with E-state index >= 15 is 0 Å². The van der Waals surface area contributed by atoms with Crippen LogP contribution in [0.15, 0.2) is 0 Å². The van der Waals surface area contributed by atoms with E-state index in [-0.39, 0.29) is 0 Å². The second-order valence-electron chi connectivity index (χ2n) is 4.37. The highest BCUT2D eigenvalue weighted by Gasteiger charge is 2.37. The molecular formula is C10H20N2O. The summed E-state index contributed by atoms with van der Waals surface area (Å²) in [6, 6.07) is 1.34. The van der Waals surface area contributed by atoms with Crippen molar-refractivity contribution in [2.75, 3.05) is 33.4 Å². The van der Waals surface area contributed by atoms with Crippen LogP contribution in [0.4, 0.5) is 0 Å². The SMILES string of the molecule is COCC(C)N1C[C@@H]2CCN[C@@H]2C1. The van der Waals surface area contributed by atoms with Crippen LogP contribution in [0, 0.1) is 5.92 Å². The van der Waals surface area contributed by atoms with E-state index in [1.165, 1.54) is 26.1 Å². The van der Waals surface area contributed by atoms with Crippen molar-refractivity contribution in [3.63, 3.8) is 0 Å². The molecule has 0 radical (unpaired) electrons. The molecule has 2 fully saturated rings. The van der Waals surface area contributed by atoms with E-state index in [1.807, 2.05) is 0 Å². The molecule has 1 unspecified atom stereocenters. The average molecular weight is 184 g/mol. The zero-order chi connectivity index (χ0) is 9.26. The summed E-state index contributed by atoms with van der Waals surface area (Å²) in [7, 11) is 1.78. The first-order chi connectivity index (χ1) is 6.31. The van der Waals surface area contributed by atoms with Crippen molar-refractivity contribution in [1.29, 1.82) is 0 Å². The normalized spacial score (nSPS) is 36.5. The summed E-state index contributed by atoms with van der Waals surface area (Å²) in [6.07, 6.45) is 1.36. The van der Waals surface area contributed by atoms with E-state index in [0.717, 1.165) is 18.6 Å². The molecule has 0 spiro atoms. The van der Waals surface area contributed by atoms with Crippen LogP contribution in [0.2, 0.25) is 0 Å². The lowest BCUT2D eigenvalue weighted by Crippen LogP contribution is -2.37. The van der Waals surface area contributed by atoms with Gasteiger partial charge in [0, 0.05) is 32.3 Å². The van der Waals surface area contributed by atoms with E-state index in [1.54, 1.807) is 7.11 Å². The van der Waals surface area contributed by atoms with Gasteiger partial charge in [-0.3, -0.25) is 4.90 Å². The molecule has 3 nitrogen and oxygen atoms in total.